The number of rotatable bonds is 5. The van der Waals surface area contributed by atoms with E-state index in [4.69, 9.17) is 5.11 Å². The van der Waals surface area contributed by atoms with E-state index in [1.807, 2.05) is 13.8 Å². The summed E-state index contributed by atoms with van der Waals surface area (Å²) < 4.78 is 26.5. The first kappa shape index (κ1) is 13.6. The lowest BCUT2D eigenvalue weighted by Gasteiger charge is -2.09. The van der Waals surface area contributed by atoms with Gasteiger partial charge in [0.05, 0.1) is 11.5 Å². The summed E-state index contributed by atoms with van der Waals surface area (Å²) in [5.74, 6) is 0.256. The molecule has 0 atom stereocenters. The van der Waals surface area contributed by atoms with Crippen LogP contribution in [0.15, 0.2) is 10.3 Å². The maximum atomic E-state index is 12.0. The van der Waals surface area contributed by atoms with Crippen LogP contribution in [0.5, 0.6) is 0 Å². The van der Waals surface area contributed by atoms with Gasteiger partial charge in [-0.25, -0.2) is 13.1 Å². The van der Waals surface area contributed by atoms with Crippen LogP contribution >= 0.6 is 11.3 Å². The van der Waals surface area contributed by atoms with Crippen LogP contribution in [-0.4, -0.2) is 20.1 Å². The predicted octanol–water partition coefficient (Wildman–Crippen LogP) is 1.48. The van der Waals surface area contributed by atoms with E-state index in [0.717, 1.165) is 0 Å². The van der Waals surface area contributed by atoms with Crippen molar-refractivity contribution in [2.24, 2.45) is 5.92 Å². The van der Waals surface area contributed by atoms with Gasteiger partial charge in [-0.3, -0.25) is 0 Å². The highest BCUT2D eigenvalue weighted by atomic mass is 32.2. The van der Waals surface area contributed by atoms with E-state index in [9.17, 15) is 8.42 Å². The molecule has 0 aliphatic rings. The molecule has 1 aromatic rings. The molecule has 16 heavy (non-hydrogen) atoms. The van der Waals surface area contributed by atoms with Gasteiger partial charge in [-0.1, -0.05) is 13.8 Å². The third kappa shape index (κ3) is 3.04. The van der Waals surface area contributed by atoms with Gasteiger partial charge in [-0.15, -0.1) is 11.3 Å². The van der Waals surface area contributed by atoms with Crippen LogP contribution in [0.1, 0.15) is 24.3 Å². The lowest BCUT2D eigenvalue weighted by atomic mass is 10.2. The first-order chi connectivity index (χ1) is 7.38. The van der Waals surface area contributed by atoms with Gasteiger partial charge in [-0.2, -0.15) is 0 Å². The fraction of sp³-hybridized carbons (Fsp3) is 0.600. The van der Waals surface area contributed by atoms with Crippen molar-refractivity contribution < 1.29 is 13.5 Å². The van der Waals surface area contributed by atoms with Crippen molar-refractivity contribution in [3.8, 4) is 0 Å². The van der Waals surface area contributed by atoms with Crippen LogP contribution in [0.3, 0.4) is 0 Å². The van der Waals surface area contributed by atoms with E-state index >= 15 is 0 Å². The SMILES string of the molecule is Cc1csc(CO)c1S(=O)(=O)NCC(C)C. The Morgan fingerprint density at radius 1 is 1.50 bits per heavy atom. The molecule has 0 aromatic carbocycles. The third-order valence-corrected chi connectivity index (χ3v) is 4.95. The predicted molar refractivity (Wildman–Crippen MR) is 65.0 cm³/mol. The van der Waals surface area contributed by atoms with E-state index in [1.54, 1.807) is 12.3 Å². The molecule has 0 saturated heterocycles. The minimum Gasteiger partial charge on any atom is -0.391 e. The summed E-state index contributed by atoms with van der Waals surface area (Å²) in [6.07, 6.45) is 0. The number of thiophene rings is 1. The van der Waals surface area contributed by atoms with Crippen LogP contribution in [0.2, 0.25) is 0 Å². The number of hydrogen-bond acceptors (Lipinski definition) is 4. The highest BCUT2D eigenvalue weighted by Gasteiger charge is 2.22. The van der Waals surface area contributed by atoms with Gasteiger partial charge < -0.3 is 5.11 Å². The maximum absolute atomic E-state index is 12.0. The van der Waals surface area contributed by atoms with Crippen molar-refractivity contribution in [2.45, 2.75) is 32.3 Å². The molecule has 6 heteroatoms. The second kappa shape index (κ2) is 5.27. The van der Waals surface area contributed by atoms with Crippen molar-refractivity contribution in [3.63, 3.8) is 0 Å². The molecule has 1 aromatic heterocycles. The fourth-order valence-corrected chi connectivity index (χ4v) is 4.18. The fourth-order valence-electron chi connectivity index (χ4n) is 1.31. The van der Waals surface area contributed by atoms with Gasteiger partial charge in [0.15, 0.2) is 0 Å². The molecule has 1 heterocycles. The average molecular weight is 263 g/mol. The molecule has 0 spiro atoms. The van der Waals surface area contributed by atoms with Crippen LogP contribution in [0.25, 0.3) is 0 Å². The molecular weight excluding hydrogens is 246 g/mol. The van der Waals surface area contributed by atoms with Gasteiger partial charge in [-0.05, 0) is 23.8 Å². The Morgan fingerprint density at radius 3 is 2.62 bits per heavy atom. The van der Waals surface area contributed by atoms with Crippen LogP contribution in [-0.2, 0) is 16.6 Å². The van der Waals surface area contributed by atoms with Crippen LogP contribution < -0.4 is 4.72 Å². The van der Waals surface area contributed by atoms with Crippen molar-refractivity contribution in [1.29, 1.82) is 0 Å². The highest BCUT2D eigenvalue weighted by molar-refractivity contribution is 7.89. The molecule has 0 saturated carbocycles. The summed E-state index contributed by atoms with van der Waals surface area (Å²) in [5.41, 5.74) is 0.685. The minimum absolute atomic E-state index is 0.237. The number of nitrogens with one attached hydrogen (secondary N) is 1. The van der Waals surface area contributed by atoms with Crippen LogP contribution in [0.4, 0.5) is 0 Å². The number of aliphatic hydroxyl groups excluding tert-OH is 1. The van der Waals surface area contributed by atoms with E-state index in [0.29, 0.717) is 17.0 Å². The average Bonchev–Trinajstić information content (AvgIpc) is 2.57. The Balaban J connectivity index is 3.02. The van der Waals surface area contributed by atoms with Gasteiger partial charge in [0.2, 0.25) is 10.0 Å². The maximum Gasteiger partial charge on any atom is 0.242 e. The number of sulfonamides is 1. The van der Waals surface area contributed by atoms with E-state index < -0.39 is 10.0 Å². The first-order valence-corrected chi connectivity index (χ1v) is 7.42. The number of aliphatic hydroxyl groups is 1. The second-order valence-corrected chi connectivity index (χ2v) is 6.74. The molecule has 0 aliphatic carbocycles. The summed E-state index contributed by atoms with van der Waals surface area (Å²) >= 11 is 1.27. The standard InChI is InChI=1S/C10H17NO3S2/c1-7(2)4-11-16(13,14)10-8(3)6-15-9(10)5-12/h6-7,11-12H,4-5H2,1-3H3. The summed E-state index contributed by atoms with van der Waals surface area (Å²) in [6.45, 7) is 5.78. The summed E-state index contributed by atoms with van der Waals surface area (Å²) in [5, 5.41) is 10.8. The first-order valence-electron chi connectivity index (χ1n) is 5.06. The summed E-state index contributed by atoms with van der Waals surface area (Å²) in [6, 6.07) is 0. The minimum atomic E-state index is -3.49. The van der Waals surface area contributed by atoms with Crippen molar-refractivity contribution in [2.75, 3.05) is 6.54 Å². The van der Waals surface area contributed by atoms with Crippen molar-refractivity contribution in [1.82, 2.24) is 4.72 Å². The zero-order valence-corrected chi connectivity index (χ0v) is 11.3. The normalized spacial score (nSPS) is 12.3. The monoisotopic (exact) mass is 263 g/mol. The molecule has 0 fully saturated rings. The Kier molecular flexibility index (Phi) is 4.49. The highest BCUT2D eigenvalue weighted by Crippen LogP contribution is 2.26. The molecule has 4 nitrogen and oxygen atoms in total. The van der Waals surface area contributed by atoms with Gasteiger partial charge in [0.1, 0.15) is 4.90 Å². The molecule has 0 amide bonds. The van der Waals surface area contributed by atoms with E-state index in [2.05, 4.69) is 4.72 Å². The molecule has 0 unspecified atom stereocenters. The summed E-state index contributed by atoms with van der Waals surface area (Å²) in [7, 11) is -3.49. The molecule has 92 valence electrons. The molecule has 1 rings (SSSR count). The van der Waals surface area contributed by atoms with Crippen molar-refractivity contribution >= 4 is 21.4 Å². The topological polar surface area (TPSA) is 66.4 Å². The third-order valence-electron chi connectivity index (χ3n) is 2.08. The molecule has 0 bridgehead atoms. The van der Waals surface area contributed by atoms with Gasteiger partial charge in [0, 0.05) is 6.54 Å². The molecular formula is C10H17NO3S2. The zero-order valence-electron chi connectivity index (χ0n) is 9.65. The van der Waals surface area contributed by atoms with Gasteiger partial charge >= 0.3 is 0 Å². The zero-order chi connectivity index (χ0) is 12.3. The lowest BCUT2D eigenvalue weighted by Crippen LogP contribution is -2.28. The molecule has 0 radical (unpaired) electrons. The van der Waals surface area contributed by atoms with Gasteiger partial charge in [0.25, 0.3) is 0 Å². The smallest absolute Gasteiger partial charge is 0.242 e. The molecule has 0 aliphatic heterocycles. The number of hydrogen-bond donors (Lipinski definition) is 2. The Bertz CT molecular complexity index is 449. The summed E-state index contributed by atoms with van der Waals surface area (Å²) in [4.78, 5) is 0.731. The quantitative estimate of drug-likeness (QED) is 0.845. The Hall–Kier alpha value is -0.430. The Morgan fingerprint density at radius 2 is 2.12 bits per heavy atom. The Labute approximate surface area is 100 Å². The number of aryl methyl sites for hydroxylation is 1. The van der Waals surface area contributed by atoms with E-state index in [1.165, 1.54) is 11.3 Å². The molecule has 2 N–H and O–H groups in total. The lowest BCUT2D eigenvalue weighted by molar-refractivity contribution is 0.282. The van der Waals surface area contributed by atoms with Crippen LogP contribution in [0, 0.1) is 12.8 Å². The van der Waals surface area contributed by atoms with E-state index in [-0.39, 0.29) is 17.4 Å². The largest absolute Gasteiger partial charge is 0.391 e. The van der Waals surface area contributed by atoms with Crippen molar-refractivity contribution in [3.05, 3.63) is 15.8 Å². The second-order valence-electron chi connectivity index (χ2n) is 4.07.